The van der Waals surface area contributed by atoms with Crippen LogP contribution in [0.1, 0.15) is 19.8 Å². The number of hydrogen-bond acceptors (Lipinski definition) is 3. The number of nitrogens with one attached hydrogen (secondary N) is 1. The molecule has 0 bridgehead atoms. The van der Waals surface area contributed by atoms with Crippen molar-refractivity contribution in [2.45, 2.75) is 25.8 Å². The maximum Gasteiger partial charge on any atom is 0.317 e. The maximum absolute atomic E-state index is 13.9. The van der Waals surface area contributed by atoms with Gasteiger partial charge >= 0.3 is 12.0 Å². The van der Waals surface area contributed by atoms with E-state index in [1.54, 1.807) is 19.1 Å². The Morgan fingerprint density at radius 3 is 2.72 bits per heavy atom. The number of rotatable bonds is 3. The zero-order valence-corrected chi connectivity index (χ0v) is 13.9. The van der Waals surface area contributed by atoms with E-state index in [4.69, 9.17) is 0 Å². The molecule has 2 unspecified atom stereocenters. The summed E-state index contributed by atoms with van der Waals surface area (Å²) in [6, 6.07) is 5.18. The maximum atomic E-state index is 13.9. The first-order valence-corrected chi connectivity index (χ1v) is 8.14. The van der Waals surface area contributed by atoms with Crippen molar-refractivity contribution in [3.63, 3.8) is 0 Å². The third-order valence-electron chi connectivity index (χ3n) is 4.87. The molecule has 0 saturated carbocycles. The van der Waals surface area contributed by atoms with Gasteiger partial charge in [-0.1, -0.05) is 12.1 Å². The molecule has 1 aromatic carbocycles. The van der Waals surface area contributed by atoms with Gasteiger partial charge in [-0.15, -0.1) is 0 Å². The smallest absolute Gasteiger partial charge is 0.317 e. The number of urea groups is 1. The molecule has 3 amide bonds. The standard InChI is InChI=1S/C17H20FN3O4/c1-17(15(23)24)6-7-20(10-17)16(25)19-11-8-14(22)21(9-11)13-5-3-2-4-12(13)18/h2-5,11H,6-10H2,1H3,(H,19,25)(H,23,24). The van der Waals surface area contributed by atoms with Crippen LogP contribution in [0.25, 0.3) is 0 Å². The highest BCUT2D eigenvalue weighted by atomic mass is 19.1. The summed E-state index contributed by atoms with van der Waals surface area (Å²) in [7, 11) is 0. The van der Waals surface area contributed by atoms with Crippen LogP contribution < -0.4 is 10.2 Å². The lowest BCUT2D eigenvalue weighted by molar-refractivity contribution is -0.147. The van der Waals surface area contributed by atoms with Crippen LogP contribution in [0.2, 0.25) is 0 Å². The molecule has 0 aliphatic carbocycles. The Morgan fingerprint density at radius 1 is 1.36 bits per heavy atom. The van der Waals surface area contributed by atoms with Gasteiger partial charge in [-0.05, 0) is 25.5 Å². The van der Waals surface area contributed by atoms with Gasteiger partial charge in [0.1, 0.15) is 5.82 Å². The minimum Gasteiger partial charge on any atom is -0.481 e. The van der Waals surface area contributed by atoms with Crippen molar-refractivity contribution in [1.82, 2.24) is 10.2 Å². The molecule has 2 saturated heterocycles. The van der Waals surface area contributed by atoms with Crippen LogP contribution >= 0.6 is 0 Å². The molecular weight excluding hydrogens is 329 g/mol. The Kier molecular flexibility index (Phi) is 4.36. The molecule has 2 aliphatic heterocycles. The van der Waals surface area contributed by atoms with Crippen molar-refractivity contribution in [2.24, 2.45) is 5.41 Å². The summed E-state index contributed by atoms with van der Waals surface area (Å²) in [6.45, 7) is 2.29. The Balaban J connectivity index is 1.62. The zero-order valence-electron chi connectivity index (χ0n) is 13.9. The summed E-state index contributed by atoms with van der Waals surface area (Å²) in [6.07, 6.45) is 0.477. The van der Waals surface area contributed by atoms with Gasteiger partial charge in [0.25, 0.3) is 0 Å². The van der Waals surface area contributed by atoms with E-state index in [1.807, 2.05) is 0 Å². The van der Waals surface area contributed by atoms with Crippen LogP contribution in [0.4, 0.5) is 14.9 Å². The lowest BCUT2D eigenvalue weighted by Gasteiger charge is -2.23. The Labute approximate surface area is 144 Å². The zero-order chi connectivity index (χ0) is 18.2. The second kappa shape index (κ2) is 6.34. The van der Waals surface area contributed by atoms with Crippen LogP contribution in [-0.2, 0) is 9.59 Å². The van der Waals surface area contributed by atoms with Crippen LogP contribution in [0.3, 0.4) is 0 Å². The van der Waals surface area contributed by atoms with E-state index in [2.05, 4.69) is 5.32 Å². The second-order valence-electron chi connectivity index (χ2n) is 6.84. The molecule has 8 heteroatoms. The topological polar surface area (TPSA) is 90.0 Å². The van der Waals surface area contributed by atoms with Crippen molar-refractivity contribution in [2.75, 3.05) is 24.5 Å². The fourth-order valence-corrected chi connectivity index (χ4v) is 3.28. The molecular formula is C17H20FN3O4. The summed E-state index contributed by atoms with van der Waals surface area (Å²) in [5.74, 6) is -1.67. The lowest BCUT2D eigenvalue weighted by Crippen LogP contribution is -2.46. The SMILES string of the molecule is CC1(C(=O)O)CCN(C(=O)NC2CC(=O)N(c3ccccc3F)C2)C1. The molecule has 2 N–H and O–H groups in total. The van der Waals surface area contributed by atoms with Gasteiger partial charge in [-0.25, -0.2) is 9.18 Å². The summed E-state index contributed by atoms with van der Waals surface area (Å²) in [5, 5.41) is 12.0. The van der Waals surface area contributed by atoms with E-state index < -0.39 is 29.3 Å². The molecule has 2 aliphatic rings. The van der Waals surface area contributed by atoms with Crippen LogP contribution in [0.5, 0.6) is 0 Å². The molecule has 3 rings (SSSR count). The van der Waals surface area contributed by atoms with E-state index in [1.165, 1.54) is 21.9 Å². The van der Waals surface area contributed by atoms with Gasteiger partial charge in [0.2, 0.25) is 5.91 Å². The first-order valence-electron chi connectivity index (χ1n) is 8.14. The number of carbonyl (C=O) groups excluding carboxylic acids is 2. The Bertz CT molecular complexity index is 726. The van der Waals surface area contributed by atoms with Crippen molar-refractivity contribution < 1.29 is 23.9 Å². The highest BCUT2D eigenvalue weighted by Gasteiger charge is 2.43. The van der Waals surface area contributed by atoms with E-state index in [0.717, 1.165) is 0 Å². The molecule has 2 atom stereocenters. The number of likely N-dealkylation sites (tertiary alicyclic amines) is 1. The predicted octanol–water partition coefficient (Wildman–Crippen LogP) is 1.44. The normalized spacial score (nSPS) is 26.2. The third-order valence-corrected chi connectivity index (χ3v) is 4.87. The van der Waals surface area contributed by atoms with Crippen LogP contribution in [0.15, 0.2) is 24.3 Å². The number of halogens is 1. The van der Waals surface area contributed by atoms with Crippen molar-refractivity contribution in [1.29, 1.82) is 0 Å². The van der Waals surface area contributed by atoms with E-state index in [0.29, 0.717) is 13.0 Å². The number of carboxylic acid groups (broad SMARTS) is 1. The van der Waals surface area contributed by atoms with Crippen LogP contribution in [0, 0.1) is 11.2 Å². The summed E-state index contributed by atoms with van der Waals surface area (Å²) >= 11 is 0. The van der Waals surface area contributed by atoms with Gasteiger partial charge in [0.15, 0.2) is 0 Å². The molecule has 2 fully saturated rings. The minimum atomic E-state index is -0.942. The number of benzene rings is 1. The highest BCUT2D eigenvalue weighted by molar-refractivity contribution is 5.97. The molecule has 25 heavy (non-hydrogen) atoms. The fourth-order valence-electron chi connectivity index (χ4n) is 3.28. The number of aliphatic carboxylic acids is 1. The number of carboxylic acids is 1. The summed E-state index contributed by atoms with van der Waals surface area (Å²) in [5.41, 5.74) is -0.744. The number of amides is 3. The summed E-state index contributed by atoms with van der Waals surface area (Å²) < 4.78 is 13.9. The van der Waals surface area contributed by atoms with Crippen molar-refractivity contribution in [3.05, 3.63) is 30.1 Å². The molecule has 1 aromatic rings. The van der Waals surface area contributed by atoms with Gasteiger partial charge in [-0.2, -0.15) is 0 Å². The molecule has 2 heterocycles. The quantitative estimate of drug-likeness (QED) is 0.864. The van der Waals surface area contributed by atoms with Gasteiger partial charge in [0.05, 0.1) is 17.1 Å². The minimum absolute atomic E-state index is 0.0874. The number of hydrogen-bond donors (Lipinski definition) is 2. The second-order valence-corrected chi connectivity index (χ2v) is 6.84. The Hall–Kier alpha value is -2.64. The van der Waals surface area contributed by atoms with Gasteiger partial charge in [-0.3, -0.25) is 9.59 Å². The number of para-hydroxylation sites is 1. The third kappa shape index (κ3) is 3.29. The largest absolute Gasteiger partial charge is 0.481 e. The predicted molar refractivity (Wildman–Crippen MR) is 87.6 cm³/mol. The molecule has 134 valence electrons. The average molecular weight is 349 g/mol. The van der Waals surface area contributed by atoms with Gasteiger partial charge in [0, 0.05) is 26.1 Å². The molecule has 7 nitrogen and oxygen atoms in total. The molecule has 0 spiro atoms. The average Bonchev–Trinajstić information content (AvgIpc) is 3.12. The first kappa shape index (κ1) is 17.2. The molecule has 0 aromatic heterocycles. The van der Waals surface area contributed by atoms with E-state index in [9.17, 15) is 23.9 Å². The van der Waals surface area contributed by atoms with Crippen molar-refractivity contribution >= 4 is 23.6 Å². The van der Waals surface area contributed by atoms with Crippen molar-refractivity contribution in [3.8, 4) is 0 Å². The lowest BCUT2D eigenvalue weighted by atomic mass is 9.90. The highest BCUT2D eigenvalue weighted by Crippen LogP contribution is 2.30. The monoisotopic (exact) mass is 349 g/mol. The van der Waals surface area contributed by atoms with E-state index in [-0.39, 0.29) is 31.1 Å². The molecule has 0 radical (unpaired) electrons. The van der Waals surface area contributed by atoms with E-state index >= 15 is 0 Å². The Morgan fingerprint density at radius 2 is 2.08 bits per heavy atom. The van der Waals surface area contributed by atoms with Gasteiger partial charge < -0.3 is 20.2 Å². The first-order chi connectivity index (χ1) is 11.8. The van der Waals surface area contributed by atoms with Crippen LogP contribution in [-0.4, -0.2) is 53.6 Å². The number of carbonyl (C=O) groups is 3. The number of nitrogens with zero attached hydrogens (tertiary/aromatic N) is 2. The fraction of sp³-hybridized carbons (Fsp3) is 0.471. The number of anilines is 1. The summed E-state index contributed by atoms with van der Waals surface area (Å²) in [4.78, 5) is 38.5.